The summed E-state index contributed by atoms with van der Waals surface area (Å²) in [6.07, 6.45) is 0.661. The van der Waals surface area contributed by atoms with E-state index in [4.69, 9.17) is 19.8 Å². The third kappa shape index (κ3) is 6.50. The fraction of sp³-hybridized carbons (Fsp3) is 0.296. The summed E-state index contributed by atoms with van der Waals surface area (Å²) in [6, 6.07) is 17.3. The van der Waals surface area contributed by atoms with E-state index < -0.39 is 24.6 Å². The lowest BCUT2D eigenvalue weighted by atomic mass is 9.96. The third-order valence-electron chi connectivity index (χ3n) is 5.33. The summed E-state index contributed by atoms with van der Waals surface area (Å²) in [5.41, 5.74) is 4.06. The van der Waals surface area contributed by atoms with Gasteiger partial charge in [0.25, 0.3) is 0 Å². The number of carboxylic acid groups (broad SMARTS) is 1. The van der Waals surface area contributed by atoms with E-state index in [1.807, 2.05) is 68.4 Å². The van der Waals surface area contributed by atoms with Gasteiger partial charge in [-0.15, -0.1) is 0 Å². The van der Waals surface area contributed by atoms with Gasteiger partial charge in [-0.2, -0.15) is 0 Å². The second-order valence-corrected chi connectivity index (χ2v) is 8.36. The first-order valence-electron chi connectivity index (χ1n) is 11.2. The van der Waals surface area contributed by atoms with Gasteiger partial charge in [0.15, 0.2) is 5.82 Å². The number of rotatable bonds is 10. The van der Waals surface area contributed by atoms with Gasteiger partial charge in [-0.05, 0) is 30.2 Å². The maximum Gasteiger partial charge on any atom is 0.305 e. The van der Waals surface area contributed by atoms with Gasteiger partial charge >= 0.3 is 5.97 Å². The van der Waals surface area contributed by atoms with Crippen LogP contribution in [-0.2, 0) is 4.79 Å². The Hall–Kier alpha value is -3.55. The number of ether oxygens (including phenoxy) is 1. The highest BCUT2D eigenvalue weighted by atomic mass is 16.5. The minimum absolute atomic E-state index is 0.0665. The lowest BCUT2D eigenvalue weighted by Crippen LogP contribution is -2.19. The molecule has 34 heavy (non-hydrogen) atoms. The van der Waals surface area contributed by atoms with Gasteiger partial charge in [-0.1, -0.05) is 56.3 Å². The van der Waals surface area contributed by atoms with Crippen molar-refractivity contribution in [1.29, 1.82) is 0 Å². The van der Waals surface area contributed by atoms with Crippen molar-refractivity contribution in [2.24, 2.45) is 0 Å². The van der Waals surface area contributed by atoms with Crippen molar-refractivity contribution in [2.75, 3.05) is 7.11 Å². The zero-order chi connectivity index (χ0) is 24.7. The lowest BCUT2D eigenvalue weighted by Gasteiger charge is -2.17. The topological polar surface area (TPSA) is 113 Å². The number of aliphatic hydroxyl groups is 2. The zero-order valence-corrected chi connectivity index (χ0v) is 19.5. The van der Waals surface area contributed by atoms with Crippen molar-refractivity contribution < 1.29 is 24.9 Å². The van der Waals surface area contributed by atoms with Crippen molar-refractivity contribution in [3.63, 3.8) is 0 Å². The van der Waals surface area contributed by atoms with Crippen LogP contribution in [0.1, 0.15) is 43.9 Å². The Morgan fingerprint density at radius 1 is 1.00 bits per heavy atom. The molecule has 3 rings (SSSR count). The number of benzene rings is 2. The van der Waals surface area contributed by atoms with Gasteiger partial charge in [0.1, 0.15) is 5.75 Å². The molecule has 0 amide bonds. The lowest BCUT2D eigenvalue weighted by molar-refractivity contribution is -0.139. The molecule has 0 radical (unpaired) electrons. The van der Waals surface area contributed by atoms with Crippen LogP contribution in [0.15, 0.2) is 60.7 Å². The maximum absolute atomic E-state index is 10.8. The fourth-order valence-electron chi connectivity index (χ4n) is 3.63. The number of carbonyl (C=O) groups is 1. The number of hydrogen-bond acceptors (Lipinski definition) is 6. The van der Waals surface area contributed by atoms with Gasteiger partial charge in [-0.3, -0.25) is 4.79 Å². The van der Waals surface area contributed by atoms with Gasteiger partial charge < -0.3 is 20.1 Å². The number of nitrogens with zero attached hydrogens (tertiary/aromatic N) is 2. The molecule has 2 unspecified atom stereocenters. The predicted octanol–water partition coefficient (Wildman–Crippen LogP) is 4.54. The molecule has 1 aromatic heterocycles. The van der Waals surface area contributed by atoms with Crippen molar-refractivity contribution >= 4 is 12.0 Å². The summed E-state index contributed by atoms with van der Waals surface area (Å²) in [6.45, 7) is 4.08. The summed E-state index contributed by atoms with van der Waals surface area (Å²) in [5, 5.41) is 29.1. The highest BCUT2D eigenvalue weighted by Crippen LogP contribution is 2.32. The van der Waals surface area contributed by atoms with E-state index in [1.54, 1.807) is 19.3 Å². The summed E-state index contributed by atoms with van der Waals surface area (Å²) in [7, 11) is 1.62. The quantitative estimate of drug-likeness (QED) is 0.405. The van der Waals surface area contributed by atoms with Crippen LogP contribution >= 0.6 is 0 Å². The number of aromatic nitrogens is 2. The highest BCUT2D eigenvalue weighted by Gasteiger charge is 2.19. The Kier molecular flexibility index (Phi) is 8.51. The van der Waals surface area contributed by atoms with Crippen LogP contribution in [0.4, 0.5) is 0 Å². The van der Waals surface area contributed by atoms with Crippen LogP contribution in [0.5, 0.6) is 5.75 Å². The Morgan fingerprint density at radius 2 is 1.68 bits per heavy atom. The molecule has 1 heterocycles. The number of methoxy groups -OCH3 is 1. The first-order valence-corrected chi connectivity index (χ1v) is 11.2. The molecule has 7 heteroatoms. The predicted molar refractivity (Wildman–Crippen MR) is 131 cm³/mol. The molecule has 0 saturated carbocycles. The smallest absolute Gasteiger partial charge is 0.305 e. The first kappa shape index (κ1) is 25.1. The van der Waals surface area contributed by atoms with E-state index in [0.29, 0.717) is 5.82 Å². The average molecular weight is 463 g/mol. The number of aliphatic carboxylic acids is 1. The first-order chi connectivity index (χ1) is 16.3. The average Bonchev–Trinajstić information content (AvgIpc) is 2.82. The normalized spacial score (nSPS) is 13.2. The van der Waals surface area contributed by atoms with Crippen molar-refractivity contribution in [2.45, 2.75) is 44.8 Å². The van der Waals surface area contributed by atoms with E-state index in [-0.39, 0.29) is 12.3 Å². The van der Waals surface area contributed by atoms with Crippen LogP contribution in [0.25, 0.3) is 28.7 Å². The maximum atomic E-state index is 10.8. The van der Waals surface area contributed by atoms with Crippen molar-refractivity contribution in [3.8, 4) is 28.4 Å². The van der Waals surface area contributed by atoms with E-state index >= 15 is 0 Å². The van der Waals surface area contributed by atoms with Crippen LogP contribution in [0.3, 0.4) is 0 Å². The monoisotopic (exact) mass is 462 g/mol. The van der Waals surface area contributed by atoms with Gasteiger partial charge in [-0.25, -0.2) is 9.97 Å². The van der Waals surface area contributed by atoms with E-state index in [2.05, 4.69) is 0 Å². The molecule has 3 N–H and O–H groups in total. The second-order valence-electron chi connectivity index (χ2n) is 8.36. The van der Waals surface area contributed by atoms with Crippen molar-refractivity contribution in [3.05, 3.63) is 71.9 Å². The highest BCUT2D eigenvalue weighted by molar-refractivity contribution is 5.76. The minimum atomic E-state index is -1.14. The van der Waals surface area contributed by atoms with Gasteiger partial charge in [0, 0.05) is 23.1 Å². The summed E-state index contributed by atoms with van der Waals surface area (Å²) < 4.78 is 5.26. The van der Waals surface area contributed by atoms with Crippen LogP contribution in [0, 0.1) is 0 Å². The molecule has 0 fully saturated rings. The Balaban J connectivity index is 2.07. The Morgan fingerprint density at radius 3 is 2.26 bits per heavy atom. The number of hydrogen-bond donors (Lipinski definition) is 3. The zero-order valence-electron chi connectivity index (χ0n) is 19.5. The molecular weight excluding hydrogens is 432 g/mol. The van der Waals surface area contributed by atoms with Gasteiger partial charge in [0.2, 0.25) is 0 Å². The molecule has 0 aliphatic carbocycles. The molecule has 2 aromatic carbocycles. The van der Waals surface area contributed by atoms with Crippen LogP contribution in [0.2, 0.25) is 0 Å². The Bertz CT molecular complexity index is 1130. The van der Waals surface area contributed by atoms with Crippen LogP contribution < -0.4 is 4.74 Å². The molecule has 0 spiro atoms. The SMILES string of the molecule is COc1ccc(-c2nc(-c3ccccc3)c(/C=C/C(O)CC(O)CC(=O)O)c(C(C)C)n2)cc1. The molecule has 0 saturated heterocycles. The molecule has 3 aromatic rings. The van der Waals surface area contributed by atoms with E-state index in [0.717, 1.165) is 33.8 Å². The number of aliphatic hydroxyl groups excluding tert-OH is 2. The standard InChI is InChI=1S/C27H30N2O5/c1-17(2)25-23(14-11-20(30)15-21(31)16-24(32)33)26(18-7-5-4-6-8-18)29-27(28-25)19-9-12-22(34-3)13-10-19/h4-14,17,20-21,30-31H,15-16H2,1-3H3,(H,32,33)/b14-11+. The molecule has 2 atom stereocenters. The second kappa shape index (κ2) is 11.5. The molecule has 178 valence electrons. The summed E-state index contributed by atoms with van der Waals surface area (Å²) in [5.74, 6) is 0.283. The largest absolute Gasteiger partial charge is 0.497 e. The molecule has 0 bridgehead atoms. The summed E-state index contributed by atoms with van der Waals surface area (Å²) in [4.78, 5) is 20.5. The Labute approximate surface area is 199 Å². The fourth-order valence-corrected chi connectivity index (χ4v) is 3.63. The van der Waals surface area contributed by atoms with E-state index in [1.165, 1.54) is 0 Å². The number of carboxylic acids is 1. The minimum Gasteiger partial charge on any atom is -0.497 e. The van der Waals surface area contributed by atoms with E-state index in [9.17, 15) is 15.0 Å². The summed E-state index contributed by atoms with van der Waals surface area (Å²) >= 11 is 0. The molecule has 0 aliphatic heterocycles. The third-order valence-corrected chi connectivity index (χ3v) is 5.33. The van der Waals surface area contributed by atoms with Gasteiger partial charge in [0.05, 0.1) is 37.1 Å². The molecule has 0 aliphatic rings. The molecular formula is C27H30N2O5. The van der Waals surface area contributed by atoms with Crippen molar-refractivity contribution in [1.82, 2.24) is 9.97 Å². The molecule has 7 nitrogen and oxygen atoms in total. The van der Waals surface area contributed by atoms with Crippen LogP contribution in [-0.4, -0.2) is 50.6 Å².